The molecule has 6 nitrogen and oxygen atoms in total. The van der Waals surface area contributed by atoms with Crippen LogP contribution in [0, 0.1) is 5.82 Å². The molecular formula is C18H15F4N5OS. The van der Waals surface area contributed by atoms with E-state index >= 15 is 0 Å². The number of pyridine rings is 1. The second kappa shape index (κ2) is 8.60. The molecule has 0 unspecified atom stereocenters. The Bertz CT molecular complexity index is 1000. The maximum Gasteiger partial charge on any atom is 0.446 e. The fourth-order valence-corrected chi connectivity index (χ4v) is 3.18. The van der Waals surface area contributed by atoms with Crippen LogP contribution in [0.25, 0.3) is 5.82 Å². The predicted molar refractivity (Wildman–Crippen MR) is 98.0 cm³/mol. The van der Waals surface area contributed by atoms with E-state index in [4.69, 9.17) is 0 Å². The van der Waals surface area contributed by atoms with Crippen molar-refractivity contribution >= 4 is 17.7 Å². The number of carbonyl (C=O) groups is 1. The molecule has 0 aliphatic heterocycles. The van der Waals surface area contributed by atoms with Crippen LogP contribution in [-0.4, -0.2) is 31.2 Å². The van der Waals surface area contributed by atoms with E-state index in [1.807, 2.05) is 0 Å². The molecule has 1 N–H and O–H groups in total. The largest absolute Gasteiger partial charge is 0.446 e. The average molecular weight is 425 g/mol. The number of nitrogens with one attached hydrogen (secondary N) is 1. The normalized spacial score (nSPS) is 11.5. The van der Waals surface area contributed by atoms with Crippen LogP contribution in [0.15, 0.2) is 47.8 Å². The quantitative estimate of drug-likeness (QED) is 0.479. The molecule has 1 aromatic carbocycles. The zero-order valence-electron chi connectivity index (χ0n) is 15.1. The summed E-state index contributed by atoms with van der Waals surface area (Å²) in [7, 11) is 0. The molecule has 2 aromatic heterocycles. The zero-order valence-corrected chi connectivity index (χ0v) is 15.9. The first kappa shape index (κ1) is 20.8. The summed E-state index contributed by atoms with van der Waals surface area (Å²) in [5, 5.41) is 6.60. The van der Waals surface area contributed by atoms with E-state index < -0.39 is 17.2 Å². The standard InChI is InChI=1S/C18H15F4N5OS/c1-2-11-5-12(7-14(6-11)29-18(20,21)22)17(28)24-9-16-25-10-26-27(16)15-4-3-13(19)8-23-15/h3-8,10H,2,9H2,1H3,(H,24,28). The number of amides is 1. The van der Waals surface area contributed by atoms with Crippen LogP contribution >= 0.6 is 11.8 Å². The van der Waals surface area contributed by atoms with Crippen LogP contribution in [0.3, 0.4) is 0 Å². The molecule has 2 heterocycles. The van der Waals surface area contributed by atoms with Gasteiger partial charge in [0.2, 0.25) is 0 Å². The van der Waals surface area contributed by atoms with Crippen molar-refractivity contribution in [2.24, 2.45) is 0 Å². The van der Waals surface area contributed by atoms with Crippen LogP contribution in [0.4, 0.5) is 17.6 Å². The van der Waals surface area contributed by atoms with Crippen molar-refractivity contribution in [2.45, 2.75) is 30.3 Å². The van der Waals surface area contributed by atoms with Gasteiger partial charge in [0.1, 0.15) is 12.1 Å². The highest BCUT2D eigenvalue weighted by atomic mass is 32.2. The number of hydrogen-bond acceptors (Lipinski definition) is 5. The van der Waals surface area contributed by atoms with Gasteiger partial charge in [-0.05, 0) is 54.1 Å². The summed E-state index contributed by atoms with van der Waals surface area (Å²) in [6.07, 6.45) is 2.76. The summed E-state index contributed by atoms with van der Waals surface area (Å²) in [6.45, 7) is 1.74. The van der Waals surface area contributed by atoms with Crippen LogP contribution in [0.1, 0.15) is 28.7 Å². The molecule has 0 radical (unpaired) electrons. The van der Waals surface area contributed by atoms with E-state index in [-0.39, 0.29) is 28.8 Å². The number of thioether (sulfide) groups is 1. The molecule has 11 heteroatoms. The molecule has 0 aliphatic carbocycles. The van der Waals surface area contributed by atoms with Crippen molar-refractivity contribution in [3.05, 3.63) is 65.6 Å². The molecule has 0 spiro atoms. The smallest absolute Gasteiger partial charge is 0.345 e. The minimum absolute atomic E-state index is 0.0456. The zero-order chi connectivity index (χ0) is 21.0. The van der Waals surface area contributed by atoms with Gasteiger partial charge in [0.25, 0.3) is 5.91 Å². The van der Waals surface area contributed by atoms with Crippen molar-refractivity contribution in [2.75, 3.05) is 0 Å². The molecule has 3 aromatic rings. The number of aryl methyl sites for hydroxylation is 1. The lowest BCUT2D eigenvalue weighted by Crippen LogP contribution is -2.25. The van der Waals surface area contributed by atoms with Crippen molar-refractivity contribution in [3.8, 4) is 5.82 Å². The van der Waals surface area contributed by atoms with E-state index in [2.05, 4.69) is 20.4 Å². The summed E-state index contributed by atoms with van der Waals surface area (Å²) >= 11 is -0.267. The van der Waals surface area contributed by atoms with Crippen molar-refractivity contribution in [1.82, 2.24) is 25.1 Å². The second-order valence-corrected chi connectivity index (χ2v) is 7.01. The van der Waals surface area contributed by atoms with Crippen LogP contribution in [-0.2, 0) is 13.0 Å². The second-order valence-electron chi connectivity index (χ2n) is 5.87. The molecule has 29 heavy (non-hydrogen) atoms. The molecule has 0 aliphatic rings. The Hall–Kier alpha value is -2.95. The Labute approximate surface area is 167 Å². The third-order valence-corrected chi connectivity index (χ3v) is 4.53. The Morgan fingerprint density at radius 3 is 2.66 bits per heavy atom. The Morgan fingerprint density at radius 2 is 2.00 bits per heavy atom. The van der Waals surface area contributed by atoms with Gasteiger partial charge in [-0.1, -0.05) is 6.92 Å². The van der Waals surface area contributed by atoms with Crippen molar-refractivity contribution < 1.29 is 22.4 Å². The molecule has 0 saturated heterocycles. The third kappa shape index (κ3) is 5.53. The van der Waals surface area contributed by atoms with Crippen LogP contribution in [0.2, 0.25) is 0 Å². The first-order chi connectivity index (χ1) is 13.7. The molecule has 152 valence electrons. The van der Waals surface area contributed by atoms with Crippen LogP contribution < -0.4 is 5.32 Å². The molecule has 0 saturated carbocycles. The molecule has 3 rings (SSSR count). The predicted octanol–water partition coefficient (Wildman–Crippen LogP) is 3.91. The number of rotatable bonds is 6. The minimum atomic E-state index is -4.45. The lowest BCUT2D eigenvalue weighted by molar-refractivity contribution is -0.0328. The Balaban J connectivity index is 1.76. The number of halogens is 4. The maximum atomic E-state index is 13.0. The van der Waals surface area contributed by atoms with E-state index in [0.717, 1.165) is 6.20 Å². The summed E-state index contributed by atoms with van der Waals surface area (Å²) in [5.41, 5.74) is -3.72. The van der Waals surface area contributed by atoms with Gasteiger partial charge in [-0.25, -0.2) is 14.4 Å². The van der Waals surface area contributed by atoms with Gasteiger partial charge < -0.3 is 5.32 Å². The van der Waals surface area contributed by atoms with E-state index in [1.165, 1.54) is 35.3 Å². The van der Waals surface area contributed by atoms with Gasteiger partial charge in [0, 0.05) is 10.5 Å². The first-order valence-corrected chi connectivity index (χ1v) is 9.25. The average Bonchev–Trinajstić information content (AvgIpc) is 3.13. The number of hydrogen-bond donors (Lipinski definition) is 1. The Kier molecular flexibility index (Phi) is 6.16. The highest BCUT2D eigenvalue weighted by Crippen LogP contribution is 2.37. The Morgan fingerprint density at radius 1 is 1.21 bits per heavy atom. The van der Waals surface area contributed by atoms with Gasteiger partial charge in [0.15, 0.2) is 11.6 Å². The topological polar surface area (TPSA) is 72.7 Å². The van der Waals surface area contributed by atoms with Crippen LogP contribution in [0.5, 0.6) is 0 Å². The number of benzene rings is 1. The van der Waals surface area contributed by atoms with Crippen molar-refractivity contribution in [3.63, 3.8) is 0 Å². The minimum Gasteiger partial charge on any atom is -0.345 e. The van der Waals surface area contributed by atoms with Gasteiger partial charge in [-0.3, -0.25) is 4.79 Å². The van der Waals surface area contributed by atoms with E-state index in [9.17, 15) is 22.4 Å². The molecular weight excluding hydrogens is 410 g/mol. The summed E-state index contributed by atoms with van der Waals surface area (Å²) < 4.78 is 52.4. The fraction of sp³-hybridized carbons (Fsp3) is 0.222. The van der Waals surface area contributed by atoms with Gasteiger partial charge in [-0.2, -0.15) is 23.0 Å². The molecule has 1 amide bonds. The number of aromatic nitrogens is 4. The fourth-order valence-electron chi connectivity index (χ4n) is 2.52. The van der Waals surface area contributed by atoms with Gasteiger partial charge in [0.05, 0.1) is 12.7 Å². The number of nitrogens with zero attached hydrogens (tertiary/aromatic N) is 4. The summed E-state index contributed by atoms with van der Waals surface area (Å²) in [6, 6.07) is 6.76. The highest BCUT2D eigenvalue weighted by molar-refractivity contribution is 8.00. The molecule has 0 atom stereocenters. The van der Waals surface area contributed by atoms with Gasteiger partial charge in [-0.15, -0.1) is 0 Å². The lowest BCUT2D eigenvalue weighted by Gasteiger charge is -2.11. The summed E-state index contributed by atoms with van der Waals surface area (Å²) in [4.78, 5) is 20.4. The molecule has 0 bridgehead atoms. The van der Waals surface area contributed by atoms with Gasteiger partial charge >= 0.3 is 5.51 Å². The third-order valence-electron chi connectivity index (χ3n) is 3.82. The first-order valence-electron chi connectivity index (χ1n) is 8.44. The number of alkyl halides is 3. The number of carbonyl (C=O) groups excluding carboxylic acids is 1. The van der Waals surface area contributed by atoms with Crippen molar-refractivity contribution in [1.29, 1.82) is 0 Å². The SMILES string of the molecule is CCc1cc(SC(F)(F)F)cc(C(=O)NCc2ncnn2-c2ccc(F)cn2)c1. The van der Waals surface area contributed by atoms with E-state index in [0.29, 0.717) is 23.6 Å². The maximum absolute atomic E-state index is 13.0. The highest BCUT2D eigenvalue weighted by Gasteiger charge is 2.29. The van der Waals surface area contributed by atoms with E-state index in [1.54, 1.807) is 13.0 Å². The monoisotopic (exact) mass is 425 g/mol. The lowest BCUT2D eigenvalue weighted by atomic mass is 10.1. The molecule has 0 fully saturated rings. The summed E-state index contributed by atoms with van der Waals surface area (Å²) in [5.74, 6) is -0.419.